The Hall–Kier alpha value is -0.580. The van der Waals surface area contributed by atoms with E-state index in [9.17, 15) is 0 Å². The fourth-order valence-electron chi connectivity index (χ4n) is 2.16. The molecule has 0 unspecified atom stereocenters. The van der Waals surface area contributed by atoms with Crippen LogP contribution < -0.4 is 10.2 Å². The predicted molar refractivity (Wildman–Crippen MR) is 74.6 cm³/mol. The van der Waals surface area contributed by atoms with Gasteiger partial charge in [-0.15, -0.1) is 0 Å². The molecule has 0 saturated carbocycles. The summed E-state index contributed by atoms with van der Waals surface area (Å²) in [6, 6.07) is 6.49. The number of benzene rings is 1. The Bertz CT molecular complexity index is 362. The van der Waals surface area contributed by atoms with E-state index in [0.717, 1.165) is 43.7 Å². The van der Waals surface area contributed by atoms with E-state index >= 15 is 0 Å². The standard InChI is InChI=1S/C13H19BrN2O/c1-15-10-11-3-4-12(14)9-13(11)16-5-2-7-17-8-6-16/h3-4,9,15H,2,5-8,10H2,1H3. The molecule has 94 valence electrons. The van der Waals surface area contributed by atoms with Crippen LogP contribution in [0.2, 0.25) is 0 Å². The summed E-state index contributed by atoms with van der Waals surface area (Å²) in [5.41, 5.74) is 2.66. The highest BCUT2D eigenvalue weighted by Crippen LogP contribution is 2.26. The SMILES string of the molecule is CNCc1ccc(Br)cc1N1CCCOCC1. The second kappa shape index (κ2) is 6.38. The number of rotatable bonds is 3. The van der Waals surface area contributed by atoms with E-state index in [-0.39, 0.29) is 0 Å². The second-order valence-corrected chi connectivity index (χ2v) is 5.17. The number of hydrogen-bond donors (Lipinski definition) is 1. The van der Waals surface area contributed by atoms with Crippen molar-refractivity contribution in [2.45, 2.75) is 13.0 Å². The van der Waals surface area contributed by atoms with Crippen molar-refractivity contribution in [2.24, 2.45) is 0 Å². The van der Waals surface area contributed by atoms with Crippen molar-refractivity contribution >= 4 is 21.6 Å². The molecule has 1 aromatic rings. The van der Waals surface area contributed by atoms with Gasteiger partial charge in [0.15, 0.2) is 0 Å². The predicted octanol–water partition coefficient (Wildman–Crippen LogP) is 2.40. The Morgan fingerprint density at radius 3 is 3.06 bits per heavy atom. The average Bonchev–Trinajstić information content (AvgIpc) is 2.60. The molecule has 2 rings (SSSR count). The van der Waals surface area contributed by atoms with E-state index in [4.69, 9.17) is 4.74 Å². The smallest absolute Gasteiger partial charge is 0.0641 e. The largest absolute Gasteiger partial charge is 0.380 e. The van der Waals surface area contributed by atoms with Gasteiger partial charge in [0.1, 0.15) is 0 Å². The van der Waals surface area contributed by atoms with Crippen LogP contribution in [0.1, 0.15) is 12.0 Å². The molecule has 0 amide bonds. The van der Waals surface area contributed by atoms with Gasteiger partial charge in [0.05, 0.1) is 6.61 Å². The highest BCUT2D eigenvalue weighted by molar-refractivity contribution is 9.10. The van der Waals surface area contributed by atoms with Gasteiger partial charge in [-0.25, -0.2) is 0 Å². The molecule has 0 aliphatic carbocycles. The van der Waals surface area contributed by atoms with Crippen molar-refractivity contribution in [3.63, 3.8) is 0 Å². The molecule has 1 N–H and O–H groups in total. The molecule has 0 aromatic heterocycles. The van der Waals surface area contributed by atoms with Crippen molar-refractivity contribution in [2.75, 3.05) is 38.3 Å². The maximum Gasteiger partial charge on any atom is 0.0641 e. The fourth-order valence-corrected chi connectivity index (χ4v) is 2.51. The van der Waals surface area contributed by atoms with Crippen molar-refractivity contribution < 1.29 is 4.74 Å². The Morgan fingerprint density at radius 2 is 2.24 bits per heavy atom. The van der Waals surface area contributed by atoms with Gasteiger partial charge in [-0.3, -0.25) is 0 Å². The average molecular weight is 299 g/mol. The molecule has 4 heteroatoms. The molecule has 0 atom stereocenters. The van der Waals surface area contributed by atoms with Crippen LogP contribution in [-0.4, -0.2) is 33.4 Å². The molecular weight excluding hydrogens is 280 g/mol. The lowest BCUT2D eigenvalue weighted by Gasteiger charge is -2.25. The summed E-state index contributed by atoms with van der Waals surface area (Å²) in [4.78, 5) is 2.42. The summed E-state index contributed by atoms with van der Waals surface area (Å²) in [5, 5.41) is 3.23. The highest BCUT2D eigenvalue weighted by atomic mass is 79.9. The van der Waals surface area contributed by atoms with E-state index in [1.165, 1.54) is 11.3 Å². The van der Waals surface area contributed by atoms with Crippen molar-refractivity contribution in [3.05, 3.63) is 28.2 Å². The van der Waals surface area contributed by atoms with Crippen molar-refractivity contribution in [1.29, 1.82) is 0 Å². The van der Waals surface area contributed by atoms with E-state index in [1.54, 1.807) is 0 Å². The molecule has 3 nitrogen and oxygen atoms in total. The van der Waals surface area contributed by atoms with E-state index < -0.39 is 0 Å². The maximum atomic E-state index is 5.51. The molecule has 0 bridgehead atoms. The first-order chi connectivity index (χ1) is 8.31. The van der Waals surface area contributed by atoms with Gasteiger partial charge in [0, 0.05) is 36.4 Å². The first-order valence-electron chi connectivity index (χ1n) is 6.07. The lowest BCUT2D eigenvalue weighted by Crippen LogP contribution is -2.27. The van der Waals surface area contributed by atoms with Gasteiger partial charge >= 0.3 is 0 Å². The van der Waals surface area contributed by atoms with Gasteiger partial charge < -0.3 is 15.0 Å². The van der Waals surface area contributed by atoms with Gasteiger partial charge in [0.25, 0.3) is 0 Å². The van der Waals surface area contributed by atoms with E-state index in [2.05, 4.69) is 44.3 Å². The minimum Gasteiger partial charge on any atom is -0.380 e. The van der Waals surface area contributed by atoms with Crippen LogP contribution in [0.25, 0.3) is 0 Å². The summed E-state index contributed by atoms with van der Waals surface area (Å²) in [5.74, 6) is 0. The molecule has 1 aliphatic rings. The summed E-state index contributed by atoms with van der Waals surface area (Å²) >= 11 is 3.56. The second-order valence-electron chi connectivity index (χ2n) is 4.26. The number of ether oxygens (including phenoxy) is 1. The van der Waals surface area contributed by atoms with Crippen LogP contribution in [-0.2, 0) is 11.3 Å². The van der Waals surface area contributed by atoms with Crippen molar-refractivity contribution in [1.82, 2.24) is 5.32 Å². The van der Waals surface area contributed by atoms with Crippen LogP contribution in [0.15, 0.2) is 22.7 Å². The van der Waals surface area contributed by atoms with Gasteiger partial charge in [-0.2, -0.15) is 0 Å². The summed E-state index contributed by atoms with van der Waals surface area (Å²) in [6.45, 7) is 4.66. The summed E-state index contributed by atoms with van der Waals surface area (Å²) < 4.78 is 6.64. The van der Waals surface area contributed by atoms with Crippen LogP contribution >= 0.6 is 15.9 Å². The molecule has 1 aromatic carbocycles. The third-order valence-corrected chi connectivity index (χ3v) is 3.47. The maximum absolute atomic E-state index is 5.51. The van der Waals surface area contributed by atoms with Gasteiger partial charge in [0.2, 0.25) is 0 Å². The third-order valence-electron chi connectivity index (χ3n) is 2.98. The van der Waals surface area contributed by atoms with E-state index in [1.807, 2.05) is 7.05 Å². The number of nitrogens with one attached hydrogen (secondary N) is 1. The molecule has 17 heavy (non-hydrogen) atoms. The van der Waals surface area contributed by atoms with E-state index in [0.29, 0.717) is 0 Å². The van der Waals surface area contributed by atoms with Crippen LogP contribution in [0.3, 0.4) is 0 Å². The molecule has 1 heterocycles. The molecular formula is C13H19BrN2O. The Labute approximate surface area is 111 Å². The van der Waals surface area contributed by atoms with Gasteiger partial charge in [-0.05, 0) is 31.2 Å². The Kier molecular flexibility index (Phi) is 4.83. The lowest BCUT2D eigenvalue weighted by molar-refractivity contribution is 0.152. The first-order valence-corrected chi connectivity index (χ1v) is 6.86. The highest BCUT2D eigenvalue weighted by Gasteiger charge is 2.13. The number of anilines is 1. The zero-order valence-electron chi connectivity index (χ0n) is 10.2. The monoisotopic (exact) mass is 298 g/mol. The van der Waals surface area contributed by atoms with Crippen LogP contribution in [0.5, 0.6) is 0 Å². The molecule has 0 radical (unpaired) electrons. The normalized spacial score (nSPS) is 16.9. The molecule has 1 saturated heterocycles. The third kappa shape index (κ3) is 3.44. The number of hydrogen-bond acceptors (Lipinski definition) is 3. The van der Waals surface area contributed by atoms with Crippen LogP contribution in [0.4, 0.5) is 5.69 Å². The minimum absolute atomic E-state index is 0.825. The lowest BCUT2D eigenvalue weighted by atomic mass is 10.1. The summed E-state index contributed by atoms with van der Waals surface area (Å²) in [6.07, 6.45) is 1.10. The first kappa shape index (κ1) is 12.9. The Balaban J connectivity index is 2.23. The molecule has 1 fully saturated rings. The van der Waals surface area contributed by atoms with Gasteiger partial charge in [-0.1, -0.05) is 22.0 Å². The molecule has 1 aliphatic heterocycles. The summed E-state index contributed by atoms with van der Waals surface area (Å²) in [7, 11) is 1.98. The minimum atomic E-state index is 0.825. The fraction of sp³-hybridized carbons (Fsp3) is 0.538. The topological polar surface area (TPSA) is 24.5 Å². The van der Waals surface area contributed by atoms with Crippen LogP contribution in [0, 0.1) is 0 Å². The zero-order chi connectivity index (χ0) is 12.1. The zero-order valence-corrected chi connectivity index (χ0v) is 11.8. The number of nitrogens with zero attached hydrogens (tertiary/aromatic N) is 1. The number of halogens is 1. The Morgan fingerprint density at radius 1 is 1.35 bits per heavy atom. The molecule has 0 spiro atoms. The van der Waals surface area contributed by atoms with Crippen molar-refractivity contribution in [3.8, 4) is 0 Å². The quantitative estimate of drug-likeness (QED) is 0.927.